The Hall–Kier alpha value is -4.30. The van der Waals surface area contributed by atoms with Crippen LogP contribution in [-0.4, -0.2) is 97.3 Å². The van der Waals surface area contributed by atoms with Crippen LogP contribution in [0.25, 0.3) is 0 Å². The minimum Gasteiger partial charge on any atom is -0.484 e. The summed E-state index contributed by atoms with van der Waals surface area (Å²) in [5, 5.41) is 8.49. The number of piperazine rings is 1. The molecule has 14 heteroatoms. The van der Waals surface area contributed by atoms with Crippen LogP contribution in [0.4, 0.5) is 11.6 Å². The van der Waals surface area contributed by atoms with Crippen molar-refractivity contribution in [3.05, 3.63) is 52.8 Å². The van der Waals surface area contributed by atoms with Crippen molar-refractivity contribution < 1.29 is 23.9 Å². The molecule has 2 saturated heterocycles. The monoisotopic (exact) mass is 622 g/mol. The smallest absolute Gasteiger partial charge is 0.257 e. The molecule has 1 aromatic carbocycles. The fraction of sp³-hybridized carbons (Fsp3) is 0.433. The van der Waals surface area contributed by atoms with Crippen LogP contribution in [0.1, 0.15) is 36.6 Å². The predicted octanol–water partition coefficient (Wildman–Crippen LogP) is 1.86. The largest absolute Gasteiger partial charge is 0.484 e. The lowest BCUT2D eigenvalue weighted by Crippen LogP contribution is -2.47. The Morgan fingerprint density at radius 1 is 1.23 bits per heavy atom. The number of anilines is 2. The first-order valence-electron chi connectivity index (χ1n) is 14.5. The van der Waals surface area contributed by atoms with E-state index in [1.165, 1.54) is 18.0 Å². The number of imide groups is 1. The fourth-order valence-corrected chi connectivity index (χ4v) is 5.56. The van der Waals surface area contributed by atoms with Gasteiger partial charge in [0, 0.05) is 51.4 Å². The first kappa shape index (κ1) is 32.6. The van der Waals surface area contributed by atoms with E-state index >= 15 is 0 Å². The molecule has 2 aliphatic heterocycles. The number of carbonyl (C=O) groups is 4. The number of aryl methyl sites for hydroxylation is 1. The molecule has 44 heavy (non-hydrogen) atoms. The second-order valence-electron chi connectivity index (χ2n) is 10.4. The number of allylic oxidation sites excluding steroid dienone is 1. The maximum atomic E-state index is 12.3. The predicted molar refractivity (Wildman–Crippen MR) is 170 cm³/mol. The van der Waals surface area contributed by atoms with Gasteiger partial charge < -0.3 is 20.3 Å². The van der Waals surface area contributed by atoms with Crippen LogP contribution in [0.2, 0.25) is 0 Å². The van der Waals surface area contributed by atoms with Crippen molar-refractivity contribution in [2.45, 2.75) is 32.1 Å². The van der Waals surface area contributed by atoms with Gasteiger partial charge in [-0.25, -0.2) is 9.97 Å². The van der Waals surface area contributed by atoms with E-state index < -0.39 is 5.92 Å². The number of aldehydes is 1. The number of benzene rings is 1. The highest BCUT2D eigenvalue weighted by molar-refractivity contribution is 8.03. The molecule has 0 spiro atoms. The molecule has 0 aliphatic carbocycles. The minimum atomic E-state index is -0.400. The first-order chi connectivity index (χ1) is 21.3. The van der Waals surface area contributed by atoms with Gasteiger partial charge >= 0.3 is 0 Å². The zero-order valence-electron chi connectivity index (χ0n) is 24.8. The van der Waals surface area contributed by atoms with Gasteiger partial charge in [0.15, 0.2) is 12.9 Å². The van der Waals surface area contributed by atoms with Gasteiger partial charge in [-0.15, -0.1) is 0 Å². The molecule has 3 N–H and O–H groups in total. The fourth-order valence-electron chi connectivity index (χ4n) is 4.95. The molecule has 2 aromatic rings. The maximum Gasteiger partial charge on any atom is 0.257 e. The lowest BCUT2D eigenvalue weighted by Gasteiger charge is -2.35. The summed E-state index contributed by atoms with van der Waals surface area (Å²) in [7, 11) is 0. The van der Waals surface area contributed by atoms with E-state index in [-0.39, 0.29) is 24.3 Å². The average Bonchev–Trinajstić information content (AvgIpc) is 3.02. The van der Waals surface area contributed by atoms with Crippen molar-refractivity contribution in [3.63, 3.8) is 0 Å². The summed E-state index contributed by atoms with van der Waals surface area (Å²) in [6.45, 7) is 9.92. The normalized spacial score (nSPS) is 17.5. The number of carbonyl (C=O) groups excluding carboxylic acids is 4. The summed E-state index contributed by atoms with van der Waals surface area (Å²) in [4.78, 5) is 64.7. The third-order valence-corrected chi connectivity index (χ3v) is 8.01. The molecule has 3 amide bonds. The highest BCUT2D eigenvalue weighted by Gasteiger charge is 2.28. The van der Waals surface area contributed by atoms with Gasteiger partial charge in [0.1, 0.15) is 23.2 Å². The van der Waals surface area contributed by atoms with Crippen LogP contribution in [0.5, 0.6) is 5.75 Å². The Labute approximate surface area is 260 Å². The zero-order chi connectivity index (χ0) is 31.3. The quantitative estimate of drug-likeness (QED) is 0.0665. The van der Waals surface area contributed by atoms with Crippen molar-refractivity contribution in [2.75, 3.05) is 62.0 Å². The number of hydrogen-bond donors (Lipinski definition) is 3. The summed E-state index contributed by atoms with van der Waals surface area (Å²) in [6.07, 6.45) is 3.74. The SMILES string of the molecule is C=N/C=C(/C=O)SCNc1cc(N2CCN(CCCNC(=O)COc3cccc(C4CCC(=O)NC4=O)c3)CC2)nc(C)n1. The molecule has 3 heterocycles. The van der Waals surface area contributed by atoms with Crippen LogP contribution in [-0.2, 0) is 19.2 Å². The number of nitrogens with zero attached hydrogens (tertiary/aromatic N) is 5. The van der Waals surface area contributed by atoms with Crippen LogP contribution < -0.4 is 25.6 Å². The molecule has 0 saturated carbocycles. The van der Waals surface area contributed by atoms with E-state index in [9.17, 15) is 19.2 Å². The van der Waals surface area contributed by atoms with E-state index in [0.717, 1.165) is 56.8 Å². The Morgan fingerprint density at radius 3 is 2.80 bits per heavy atom. The second kappa shape index (κ2) is 16.5. The van der Waals surface area contributed by atoms with Gasteiger partial charge in [0.05, 0.1) is 16.7 Å². The number of aliphatic imine (C=N–C) groups is 1. The molecule has 0 bridgehead atoms. The van der Waals surface area contributed by atoms with E-state index in [1.807, 2.05) is 19.1 Å². The molecule has 1 unspecified atom stereocenters. The minimum absolute atomic E-state index is 0.119. The van der Waals surface area contributed by atoms with Crippen molar-refractivity contribution in [1.29, 1.82) is 0 Å². The molecule has 2 aliphatic rings. The Balaban J connectivity index is 1.13. The molecule has 2 fully saturated rings. The molecule has 0 radical (unpaired) electrons. The average molecular weight is 623 g/mol. The highest BCUT2D eigenvalue weighted by atomic mass is 32.2. The standard InChI is InChI=1S/C30H38N8O5S/c1-21-34-26(33-20-44-24(18-39)17-31-2)16-27(35-21)38-13-11-37(12-14-38)10-4-9-32-29(41)19-43-23-6-3-5-22(15-23)25-7-8-28(40)36-30(25)42/h3,5-6,15-18,25H,2,4,7-14,19-20H2,1H3,(H,32,41)(H,33,34,35)(H,36,40,42)/b24-17-. The van der Waals surface area contributed by atoms with E-state index in [2.05, 4.69) is 47.4 Å². The molecular weight excluding hydrogens is 584 g/mol. The molecule has 1 atom stereocenters. The molecule has 4 rings (SSSR count). The van der Waals surface area contributed by atoms with E-state index in [4.69, 9.17) is 4.74 Å². The summed E-state index contributed by atoms with van der Waals surface area (Å²) < 4.78 is 5.66. The summed E-state index contributed by atoms with van der Waals surface area (Å²) in [5.74, 6) is 2.02. The third kappa shape index (κ3) is 9.88. The third-order valence-electron chi connectivity index (χ3n) is 7.19. The van der Waals surface area contributed by atoms with Gasteiger partial charge in [-0.1, -0.05) is 23.9 Å². The van der Waals surface area contributed by atoms with Crippen molar-refractivity contribution >= 4 is 54.1 Å². The highest BCUT2D eigenvalue weighted by Crippen LogP contribution is 2.27. The van der Waals surface area contributed by atoms with Crippen LogP contribution in [0.3, 0.4) is 0 Å². The maximum absolute atomic E-state index is 12.3. The van der Waals surface area contributed by atoms with Gasteiger partial charge in [0.2, 0.25) is 11.8 Å². The Kier molecular flexibility index (Phi) is 12.2. The van der Waals surface area contributed by atoms with Gasteiger partial charge in [-0.3, -0.25) is 34.4 Å². The number of piperidine rings is 1. The number of rotatable bonds is 15. The molecule has 1 aromatic heterocycles. The van der Waals surface area contributed by atoms with Crippen LogP contribution in [0.15, 0.2) is 46.4 Å². The van der Waals surface area contributed by atoms with Crippen LogP contribution >= 0.6 is 11.8 Å². The van der Waals surface area contributed by atoms with Gasteiger partial charge in [-0.2, -0.15) is 0 Å². The van der Waals surface area contributed by atoms with Crippen LogP contribution in [0, 0.1) is 6.92 Å². The van der Waals surface area contributed by atoms with Crippen molar-refractivity contribution in [1.82, 2.24) is 25.5 Å². The summed E-state index contributed by atoms with van der Waals surface area (Å²) >= 11 is 1.32. The Bertz CT molecular complexity index is 1380. The van der Waals surface area contributed by atoms with Gasteiger partial charge in [-0.05, 0) is 50.7 Å². The lowest BCUT2D eigenvalue weighted by molar-refractivity contribution is -0.134. The number of hydrogen-bond acceptors (Lipinski definition) is 12. The number of aromatic nitrogens is 2. The molecule has 13 nitrogen and oxygen atoms in total. The van der Waals surface area contributed by atoms with E-state index in [1.54, 1.807) is 18.2 Å². The van der Waals surface area contributed by atoms with E-state index in [0.29, 0.717) is 47.6 Å². The molecule has 234 valence electrons. The molecular formula is C30H38N8O5S. The summed E-state index contributed by atoms with van der Waals surface area (Å²) in [6, 6.07) is 9.01. The van der Waals surface area contributed by atoms with Crippen molar-refractivity contribution in [3.8, 4) is 5.75 Å². The Morgan fingerprint density at radius 2 is 2.05 bits per heavy atom. The lowest BCUT2D eigenvalue weighted by atomic mass is 9.90. The zero-order valence-corrected chi connectivity index (χ0v) is 25.6. The number of ether oxygens (including phenoxy) is 1. The van der Waals surface area contributed by atoms with Crippen molar-refractivity contribution in [2.24, 2.45) is 4.99 Å². The topological polar surface area (TPSA) is 158 Å². The number of amides is 3. The number of thioether (sulfide) groups is 1. The van der Waals surface area contributed by atoms with Gasteiger partial charge in [0.25, 0.3) is 5.91 Å². The summed E-state index contributed by atoms with van der Waals surface area (Å²) in [5.41, 5.74) is 0.763. The first-order valence-corrected chi connectivity index (χ1v) is 15.5. The number of nitrogens with one attached hydrogen (secondary N) is 3. The second-order valence-corrected chi connectivity index (χ2v) is 11.4.